The summed E-state index contributed by atoms with van der Waals surface area (Å²) in [5, 5.41) is 22.5. The van der Waals surface area contributed by atoms with Gasteiger partial charge in [-0.05, 0) is 57.8 Å². The van der Waals surface area contributed by atoms with E-state index in [9.17, 15) is 15.0 Å². The van der Waals surface area contributed by atoms with Crippen molar-refractivity contribution in [1.82, 2.24) is 5.32 Å². The number of unbranched alkanes of at least 4 members (excludes halogenated alkanes) is 7. The van der Waals surface area contributed by atoms with Crippen molar-refractivity contribution < 1.29 is 15.0 Å². The van der Waals surface area contributed by atoms with E-state index in [0.29, 0.717) is 6.42 Å². The number of amides is 1. The molecule has 0 saturated heterocycles. The summed E-state index contributed by atoms with van der Waals surface area (Å²) in [6.07, 6.45) is 34.4. The molecule has 0 aliphatic carbocycles. The molecule has 0 radical (unpaired) electrons. The summed E-state index contributed by atoms with van der Waals surface area (Å²) in [6, 6.07) is -0.641. The fraction of sp³-hybridized carbons (Fsp3) is 0.633. The molecular weight excluding hydrogens is 422 g/mol. The lowest BCUT2D eigenvalue weighted by molar-refractivity contribution is -0.123. The van der Waals surface area contributed by atoms with E-state index < -0.39 is 12.1 Å². The van der Waals surface area contributed by atoms with E-state index in [2.05, 4.69) is 67.8 Å². The minimum atomic E-state index is -0.853. The van der Waals surface area contributed by atoms with E-state index in [1.807, 2.05) is 6.08 Å². The first-order valence-corrected chi connectivity index (χ1v) is 13.5. The van der Waals surface area contributed by atoms with Gasteiger partial charge in [0.25, 0.3) is 0 Å². The average Bonchev–Trinajstić information content (AvgIpc) is 2.84. The topological polar surface area (TPSA) is 69.6 Å². The molecule has 0 saturated carbocycles. The van der Waals surface area contributed by atoms with Crippen LogP contribution in [0.15, 0.2) is 60.8 Å². The van der Waals surface area contributed by atoms with Gasteiger partial charge < -0.3 is 15.5 Å². The molecule has 194 valence electrons. The van der Waals surface area contributed by atoms with Gasteiger partial charge in [0.05, 0.1) is 18.8 Å². The third-order valence-electron chi connectivity index (χ3n) is 5.51. The van der Waals surface area contributed by atoms with Gasteiger partial charge in [0.15, 0.2) is 0 Å². The van der Waals surface area contributed by atoms with Gasteiger partial charge in [0, 0.05) is 6.42 Å². The Morgan fingerprint density at radius 3 is 1.91 bits per heavy atom. The summed E-state index contributed by atoms with van der Waals surface area (Å²) in [4.78, 5) is 12.1. The maximum absolute atomic E-state index is 12.1. The Morgan fingerprint density at radius 2 is 1.29 bits per heavy atom. The molecule has 4 heteroatoms. The Kier molecular flexibility index (Phi) is 24.3. The van der Waals surface area contributed by atoms with E-state index in [0.717, 1.165) is 57.8 Å². The average molecular weight is 474 g/mol. The first-order chi connectivity index (χ1) is 16.7. The van der Waals surface area contributed by atoms with Crippen molar-refractivity contribution in [2.45, 2.75) is 116 Å². The molecule has 0 aromatic rings. The molecule has 0 spiro atoms. The number of aliphatic hydroxyl groups excluding tert-OH is 2. The van der Waals surface area contributed by atoms with Gasteiger partial charge in [-0.25, -0.2) is 0 Å². The lowest BCUT2D eigenvalue weighted by Gasteiger charge is -2.19. The Morgan fingerprint density at radius 1 is 0.735 bits per heavy atom. The third-order valence-corrected chi connectivity index (χ3v) is 5.51. The van der Waals surface area contributed by atoms with Crippen LogP contribution in [0.25, 0.3) is 0 Å². The highest BCUT2D eigenvalue weighted by molar-refractivity contribution is 5.76. The molecule has 3 N–H and O–H groups in total. The molecule has 0 rings (SSSR count). The number of carbonyl (C=O) groups excluding carboxylic acids is 1. The quantitative estimate of drug-likeness (QED) is 0.116. The zero-order valence-electron chi connectivity index (χ0n) is 21.8. The van der Waals surface area contributed by atoms with Crippen molar-refractivity contribution in [1.29, 1.82) is 0 Å². The van der Waals surface area contributed by atoms with Gasteiger partial charge in [0.2, 0.25) is 5.91 Å². The highest BCUT2D eigenvalue weighted by atomic mass is 16.3. The van der Waals surface area contributed by atoms with Gasteiger partial charge in [-0.3, -0.25) is 4.79 Å². The Balaban J connectivity index is 3.84. The Bertz CT molecular complexity index is 604. The van der Waals surface area contributed by atoms with Crippen molar-refractivity contribution in [2.75, 3.05) is 6.61 Å². The first-order valence-electron chi connectivity index (χ1n) is 13.5. The molecule has 2 atom stereocenters. The second-order valence-corrected chi connectivity index (χ2v) is 8.72. The molecule has 4 nitrogen and oxygen atoms in total. The van der Waals surface area contributed by atoms with Crippen molar-refractivity contribution >= 4 is 5.91 Å². The van der Waals surface area contributed by atoms with Crippen LogP contribution in [0.2, 0.25) is 0 Å². The highest BCUT2D eigenvalue weighted by Crippen LogP contribution is 2.07. The van der Waals surface area contributed by atoms with Crippen molar-refractivity contribution in [2.24, 2.45) is 0 Å². The second-order valence-electron chi connectivity index (χ2n) is 8.72. The molecule has 0 bridgehead atoms. The van der Waals surface area contributed by atoms with Gasteiger partial charge in [-0.1, -0.05) is 100 Å². The minimum Gasteiger partial charge on any atom is -0.394 e. The molecule has 0 aromatic carbocycles. The van der Waals surface area contributed by atoms with Crippen LogP contribution < -0.4 is 5.32 Å². The monoisotopic (exact) mass is 473 g/mol. The fourth-order valence-corrected chi connectivity index (χ4v) is 3.40. The normalized spacial score (nSPS) is 14.4. The Labute approximate surface area is 209 Å². The lowest BCUT2D eigenvalue weighted by Crippen LogP contribution is -2.45. The predicted molar refractivity (Wildman–Crippen MR) is 147 cm³/mol. The largest absolute Gasteiger partial charge is 0.394 e. The molecule has 34 heavy (non-hydrogen) atoms. The molecule has 0 aliphatic heterocycles. The molecule has 0 fully saturated rings. The number of rotatable bonds is 22. The van der Waals surface area contributed by atoms with Crippen LogP contribution in [0.5, 0.6) is 0 Å². The van der Waals surface area contributed by atoms with Crippen LogP contribution in [0.1, 0.15) is 104 Å². The molecule has 2 unspecified atom stereocenters. The van der Waals surface area contributed by atoms with Crippen molar-refractivity contribution in [3.63, 3.8) is 0 Å². The SMILES string of the molecule is CC/C=C\C/C=C\C/C=C\C/C=C\CCCCC(=O)NC(CO)C(O)/C=C/CCCCCCC. The van der Waals surface area contributed by atoms with Crippen molar-refractivity contribution in [3.05, 3.63) is 60.8 Å². The molecule has 0 heterocycles. The van der Waals surface area contributed by atoms with Crippen LogP contribution >= 0.6 is 0 Å². The summed E-state index contributed by atoms with van der Waals surface area (Å²) >= 11 is 0. The molecular formula is C30H51NO3. The zero-order chi connectivity index (χ0) is 25.1. The summed E-state index contributed by atoms with van der Waals surface area (Å²) in [5.74, 6) is -0.115. The number of hydrogen-bond donors (Lipinski definition) is 3. The van der Waals surface area contributed by atoms with Gasteiger partial charge in [0.1, 0.15) is 0 Å². The fourth-order valence-electron chi connectivity index (χ4n) is 3.40. The van der Waals surface area contributed by atoms with Crippen molar-refractivity contribution in [3.8, 4) is 0 Å². The van der Waals surface area contributed by atoms with E-state index in [4.69, 9.17) is 0 Å². The molecule has 1 amide bonds. The minimum absolute atomic E-state index is 0.115. The highest BCUT2D eigenvalue weighted by Gasteiger charge is 2.17. The van der Waals surface area contributed by atoms with E-state index >= 15 is 0 Å². The van der Waals surface area contributed by atoms with E-state index in [-0.39, 0.29) is 12.5 Å². The van der Waals surface area contributed by atoms with Crippen LogP contribution in [-0.4, -0.2) is 34.9 Å². The maximum Gasteiger partial charge on any atom is 0.220 e. The standard InChI is InChI=1S/C30H51NO3/c1-3-5-7-9-11-12-13-14-15-16-17-18-20-22-24-26-30(34)31-28(27-32)29(33)25-23-21-19-10-8-6-4-2/h5,7,11-12,14-15,17-18,23,25,28-29,32-33H,3-4,6,8-10,13,16,19-22,24,26-27H2,1-2H3,(H,31,34)/b7-5-,12-11-,15-14-,18-17-,25-23+. The first kappa shape index (κ1) is 32.1. The van der Waals surface area contributed by atoms with Crippen LogP contribution in [0.4, 0.5) is 0 Å². The van der Waals surface area contributed by atoms with Crippen LogP contribution in [0, 0.1) is 0 Å². The maximum atomic E-state index is 12.1. The molecule has 0 aromatic heterocycles. The van der Waals surface area contributed by atoms with Gasteiger partial charge >= 0.3 is 0 Å². The number of nitrogens with one attached hydrogen (secondary N) is 1. The number of aliphatic hydroxyl groups is 2. The van der Waals surface area contributed by atoms with E-state index in [1.54, 1.807) is 6.08 Å². The summed E-state index contributed by atoms with van der Waals surface area (Å²) in [5.41, 5.74) is 0. The molecule has 0 aliphatic rings. The summed E-state index contributed by atoms with van der Waals surface area (Å²) in [6.45, 7) is 4.07. The Hall–Kier alpha value is -1.91. The lowest BCUT2D eigenvalue weighted by atomic mass is 10.1. The van der Waals surface area contributed by atoms with Crippen LogP contribution in [-0.2, 0) is 4.79 Å². The van der Waals surface area contributed by atoms with E-state index in [1.165, 1.54) is 25.7 Å². The summed E-state index contributed by atoms with van der Waals surface area (Å²) in [7, 11) is 0. The predicted octanol–water partition coefficient (Wildman–Crippen LogP) is 7.11. The smallest absolute Gasteiger partial charge is 0.220 e. The van der Waals surface area contributed by atoms with Gasteiger partial charge in [-0.15, -0.1) is 0 Å². The second kappa shape index (κ2) is 25.7. The number of allylic oxidation sites excluding steroid dienone is 9. The van der Waals surface area contributed by atoms with Gasteiger partial charge in [-0.2, -0.15) is 0 Å². The number of hydrogen-bond acceptors (Lipinski definition) is 3. The number of carbonyl (C=O) groups is 1. The summed E-state index contributed by atoms with van der Waals surface area (Å²) < 4.78 is 0. The third kappa shape index (κ3) is 21.9. The zero-order valence-corrected chi connectivity index (χ0v) is 21.8. The van der Waals surface area contributed by atoms with Crippen LogP contribution in [0.3, 0.4) is 0 Å².